The highest BCUT2D eigenvalue weighted by Gasteiger charge is 2.36. The van der Waals surface area contributed by atoms with Gasteiger partial charge in [0.1, 0.15) is 0 Å². The van der Waals surface area contributed by atoms with Gasteiger partial charge in [-0.2, -0.15) is 0 Å². The molecule has 3 rings (SSSR count). The second kappa shape index (κ2) is 9.60. The fourth-order valence-electron chi connectivity index (χ4n) is 4.25. The first-order valence-electron chi connectivity index (χ1n) is 13.3. The third kappa shape index (κ3) is 5.32. The molecular weight excluding hydrogens is 422 g/mol. The number of aliphatic carboxylic acids is 1. The highest BCUT2D eigenvalue weighted by Crippen LogP contribution is 2.41. The van der Waals surface area contributed by atoms with E-state index in [0.717, 1.165) is 31.3 Å². The maximum absolute atomic E-state index is 11.8. The summed E-state index contributed by atoms with van der Waals surface area (Å²) in [5, 5.41) is 11.6. The van der Waals surface area contributed by atoms with Gasteiger partial charge in [0, 0.05) is 44.3 Å². The van der Waals surface area contributed by atoms with Gasteiger partial charge < -0.3 is 5.11 Å². The van der Waals surface area contributed by atoms with Crippen LogP contribution in [0.2, 0.25) is 0 Å². The molecule has 3 nitrogen and oxygen atoms in total. The molecule has 0 radical (unpaired) electrons. The molecule has 0 aliphatic carbocycles. The first-order chi connectivity index (χ1) is 16.4. The lowest BCUT2D eigenvalue weighted by molar-refractivity contribution is -0.145. The molecule has 3 heterocycles. The van der Waals surface area contributed by atoms with E-state index in [1.54, 1.807) is 0 Å². The number of carbonyl (C=O) groups is 1. The molecule has 1 aliphatic rings. The first-order valence-corrected chi connectivity index (χ1v) is 12.5. The van der Waals surface area contributed by atoms with E-state index in [9.17, 15) is 11.3 Å². The smallest absolute Gasteiger partial charge is 0.307 e. The molecule has 0 spiro atoms. The number of carboxylic acid groups (broad SMARTS) is 1. The minimum atomic E-state index is -2.71. The van der Waals surface area contributed by atoms with Crippen molar-refractivity contribution < 1.29 is 16.8 Å². The van der Waals surface area contributed by atoms with E-state index in [4.69, 9.17) is 5.48 Å². The Hall–Kier alpha value is -1.43. The number of likely N-dealkylation sites (tertiary alicyclic amines) is 1. The van der Waals surface area contributed by atoms with Crippen LogP contribution in [-0.2, 0) is 4.79 Å². The van der Waals surface area contributed by atoms with Crippen molar-refractivity contribution in [3.8, 4) is 0 Å². The van der Waals surface area contributed by atoms with E-state index in [1.165, 1.54) is 27.6 Å². The second-order valence-electron chi connectivity index (χ2n) is 9.42. The third-order valence-electron chi connectivity index (χ3n) is 6.06. The average Bonchev–Trinajstić information content (AvgIpc) is 3.28. The van der Waals surface area contributed by atoms with E-state index in [2.05, 4.69) is 13.8 Å². The predicted molar refractivity (Wildman–Crippen MR) is 135 cm³/mol. The van der Waals surface area contributed by atoms with Crippen molar-refractivity contribution in [1.29, 1.82) is 0 Å². The van der Waals surface area contributed by atoms with Gasteiger partial charge in [-0.1, -0.05) is 19.9 Å². The molecule has 0 unspecified atom stereocenters. The Morgan fingerprint density at radius 3 is 2.65 bits per heavy atom. The Morgan fingerprint density at radius 2 is 2.06 bits per heavy atom. The van der Waals surface area contributed by atoms with E-state index in [1.807, 2.05) is 46.1 Å². The van der Waals surface area contributed by atoms with Crippen molar-refractivity contribution >= 4 is 34.2 Å². The van der Waals surface area contributed by atoms with Gasteiger partial charge in [-0.25, -0.2) is 0 Å². The van der Waals surface area contributed by atoms with Crippen molar-refractivity contribution in [2.45, 2.75) is 79.1 Å². The van der Waals surface area contributed by atoms with Crippen molar-refractivity contribution in [3.05, 3.63) is 48.8 Å². The highest BCUT2D eigenvalue weighted by molar-refractivity contribution is 7.15. The highest BCUT2D eigenvalue weighted by atomic mass is 32.1. The van der Waals surface area contributed by atoms with Crippen molar-refractivity contribution in [3.63, 3.8) is 0 Å². The zero-order valence-corrected chi connectivity index (χ0v) is 21.2. The molecule has 31 heavy (non-hydrogen) atoms. The van der Waals surface area contributed by atoms with Crippen LogP contribution in [0.3, 0.4) is 0 Å². The van der Waals surface area contributed by atoms with Crippen molar-refractivity contribution in [2.75, 3.05) is 13.0 Å². The largest absolute Gasteiger partial charge is 0.481 e. The summed E-state index contributed by atoms with van der Waals surface area (Å²) in [7, 11) is 0. The monoisotopic (exact) mass is 464 g/mol. The number of hydrogen-bond acceptors (Lipinski definition) is 4. The standard InChI is InChI=1S/C26H37NO2S2/c1-16(2)22-18(4)15-30-24(22)21(23-17(3)13-19(5)31-23)9-8-12-27-14-20(25(28)29)10-11-26(27,6)7/h9,13,15-16,20H,8,10-12,14H2,1-7H3,(H,28,29)/t20-/m1/s1/i8D2,9D,12D2. The van der Waals surface area contributed by atoms with Gasteiger partial charge in [0.15, 0.2) is 0 Å². The van der Waals surface area contributed by atoms with E-state index in [-0.39, 0.29) is 12.5 Å². The summed E-state index contributed by atoms with van der Waals surface area (Å²) < 4.78 is 45.5. The van der Waals surface area contributed by atoms with Crippen LogP contribution in [0.15, 0.2) is 17.5 Å². The lowest BCUT2D eigenvalue weighted by Gasteiger charge is -2.44. The first kappa shape index (κ1) is 18.0. The Bertz CT molecular complexity index is 1180. The van der Waals surface area contributed by atoms with E-state index >= 15 is 0 Å². The Kier molecular flexibility index (Phi) is 5.59. The molecule has 2 aromatic heterocycles. The van der Waals surface area contributed by atoms with Gasteiger partial charge in [-0.15, -0.1) is 22.7 Å². The Morgan fingerprint density at radius 1 is 1.35 bits per heavy atom. The SMILES string of the molecule is [2H]C(=C(c1sc(C)cc1C)c1scc(C)c1C(C)C)C([2H])([2H])C([2H])([2H])N1C[C@H](C(=O)O)CCC1(C)C. The summed E-state index contributed by atoms with van der Waals surface area (Å²) in [6, 6.07) is 1.60. The zero-order valence-electron chi connectivity index (χ0n) is 24.5. The summed E-state index contributed by atoms with van der Waals surface area (Å²) in [5.41, 5.74) is 2.72. The molecule has 1 atom stereocenters. The summed E-state index contributed by atoms with van der Waals surface area (Å²) in [6.45, 7) is 11.0. The molecular formula is C26H37NO2S2. The van der Waals surface area contributed by atoms with Crippen LogP contribution >= 0.6 is 22.7 Å². The number of carboxylic acids is 1. The van der Waals surface area contributed by atoms with Crippen LogP contribution in [0.1, 0.15) is 91.0 Å². The quantitative estimate of drug-likeness (QED) is 0.469. The molecule has 0 amide bonds. The molecule has 0 saturated carbocycles. The molecule has 0 bridgehead atoms. The predicted octanol–water partition coefficient (Wildman–Crippen LogP) is 7.26. The summed E-state index contributed by atoms with van der Waals surface area (Å²) >= 11 is 2.96. The summed E-state index contributed by atoms with van der Waals surface area (Å²) in [4.78, 5) is 15.7. The van der Waals surface area contributed by atoms with E-state index in [0.29, 0.717) is 18.4 Å². The zero-order chi connectivity index (χ0) is 27.4. The fraction of sp³-hybridized carbons (Fsp3) is 0.577. The van der Waals surface area contributed by atoms with Crippen LogP contribution < -0.4 is 0 Å². The molecule has 2 aromatic rings. The fourth-order valence-corrected chi connectivity index (χ4v) is 6.56. The lowest BCUT2D eigenvalue weighted by atomic mass is 9.84. The number of thiophene rings is 2. The number of piperidine rings is 1. The van der Waals surface area contributed by atoms with Crippen LogP contribution in [0, 0.1) is 26.7 Å². The lowest BCUT2D eigenvalue weighted by Crippen LogP contribution is -2.52. The molecule has 0 aromatic carbocycles. The van der Waals surface area contributed by atoms with Crippen LogP contribution in [0.25, 0.3) is 5.57 Å². The maximum atomic E-state index is 11.8. The molecule has 1 aliphatic heterocycles. The average molecular weight is 465 g/mol. The number of hydrogen-bond donors (Lipinski definition) is 1. The normalized spacial score (nSPS) is 23.5. The second-order valence-corrected chi connectivity index (χ2v) is 11.6. The molecule has 1 fully saturated rings. The number of rotatable bonds is 7. The molecule has 1 saturated heterocycles. The van der Waals surface area contributed by atoms with Crippen LogP contribution in [-0.4, -0.2) is 34.6 Å². The summed E-state index contributed by atoms with van der Waals surface area (Å²) in [6.07, 6.45) is -1.88. The number of nitrogens with zero attached hydrogens (tertiary/aromatic N) is 1. The van der Waals surface area contributed by atoms with Gasteiger partial charge >= 0.3 is 5.97 Å². The van der Waals surface area contributed by atoms with Crippen molar-refractivity contribution in [1.82, 2.24) is 4.90 Å². The Labute approximate surface area is 202 Å². The van der Waals surface area contributed by atoms with E-state index < -0.39 is 36.3 Å². The molecule has 170 valence electrons. The maximum Gasteiger partial charge on any atom is 0.307 e. The van der Waals surface area contributed by atoms with Gasteiger partial charge in [-0.3, -0.25) is 9.69 Å². The van der Waals surface area contributed by atoms with Crippen LogP contribution in [0.4, 0.5) is 0 Å². The minimum Gasteiger partial charge on any atom is -0.481 e. The van der Waals surface area contributed by atoms with Crippen molar-refractivity contribution in [2.24, 2.45) is 5.92 Å². The molecule has 1 N–H and O–H groups in total. The van der Waals surface area contributed by atoms with Crippen LogP contribution in [0.5, 0.6) is 0 Å². The van der Waals surface area contributed by atoms with Gasteiger partial charge in [0.2, 0.25) is 0 Å². The minimum absolute atomic E-state index is 0.107. The van der Waals surface area contributed by atoms with Gasteiger partial charge in [0.05, 0.1) is 7.29 Å². The summed E-state index contributed by atoms with van der Waals surface area (Å²) in [5.74, 6) is -1.64. The topological polar surface area (TPSA) is 40.5 Å². The van der Waals surface area contributed by atoms with Gasteiger partial charge in [0.25, 0.3) is 0 Å². The third-order valence-corrected chi connectivity index (χ3v) is 8.36. The molecule has 5 heteroatoms. The number of aryl methyl sites for hydroxylation is 3. The Balaban J connectivity index is 2.28. The van der Waals surface area contributed by atoms with Gasteiger partial charge in [-0.05, 0) is 87.9 Å².